The van der Waals surface area contributed by atoms with Gasteiger partial charge in [-0.1, -0.05) is 29.3 Å². The van der Waals surface area contributed by atoms with Crippen molar-refractivity contribution in [1.82, 2.24) is 0 Å². The van der Waals surface area contributed by atoms with Gasteiger partial charge in [-0.15, -0.1) is 11.3 Å². The Bertz CT molecular complexity index is 499. The quantitative estimate of drug-likeness (QED) is 0.885. The molecule has 3 N–H and O–H groups in total. The van der Waals surface area contributed by atoms with Gasteiger partial charge in [0.05, 0.1) is 10.4 Å². The maximum absolute atomic E-state index is 5.93. The van der Waals surface area contributed by atoms with Crippen LogP contribution < -0.4 is 11.1 Å². The third-order valence-corrected chi connectivity index (χ3v) is 3.92. The fourth-order valence-electron chi connectivity index (χ4n) is 1.54. The first-order valence-electron chi connectivity index (χ1n) is 5.16. The standard InChI is InChI=1S/C12H12Cl2N2S/c13-8-2-1-3-9(6-8)16-10(7-15)11-4-5-12(14)17-11/h1-6,10,16H,7,15H2. The second-order valence-electron chi connectivity index (χ2n) is 3.58. The molecule has 90 valence electrons. The molecule has 0 bridgehead atoms. The molecule has 1 aromatic heterocycles. The van der Waals surface area contributed by atoms with Crippen LogP contribution in [0, 0.1) is 0 Å². The first kappa shape index (κ1) is 12.7. The molecule has 1 heterocycles. The summed E-state index contributed by atoms with van der Waals surface area (Å²) in [6, 6.07) is 11.5. The van der Waals surface area contributed by atoms with Crippen LogP contribution in [0.15, 0.2) is 36.4 Å². The average molecular weight is 287 g/mol. The molecule has 0 aliphatic rings. The fraction of sp³-hybridized carbons (Fsp3) is 0.167. The zero-order valence-electron chi connectivity index (χ0n) is 8.99. The number of hydrogen-bond donors (Lipinski definition) is 2. The minimum atomic E-state index is 0.0611. The summed E-state index contributed by atoms with van der Waals surface area (Å²) < 4.78 is 0.770. The monoisotopic (exact) mass is 286 g/mol. The number of thiophene rings is 1. The highest BCUT2D eigenvalue weighted by Gasteiger charge is 2.11. The molecule has 2 rings (SSSR count). The lowest BCUT2D eigenvalue weighted by molar-refractivity contribution is 0.806. The van der Waals surface area contributed by atoms with Gasteiger partial charge in [-0.2, -0.15) is 0 Å². The molecule has 1 unspecified atom stereocenters. The van der Waals surface area contributed by atoms with E-state index in [0.717, 1.165) is 14.9 Å². The first-order chi connectivity index (χ1) is 8.19. The minimum Gasteiger partial charge on any atom is -0.376 e. The van der Waals surface area contributed by atoms with Crippen molar-refractivity contribution in [2.45, 2.75) is 6.04 Å². The minimum absolute atomic E-state index is 0.0611. The second kappa shape index (κ2) is 5.74. The summed E-state index contributed by atoms with van der Waals surface area (Å²) in [4.78, 5) is 1.12. The molecule has 0 aliphatic carbocycles. The molecule has 0 aliphatic heterocycles. The Morgan fingerprint density at radius 1 is 1.24 bits per heavy atom. The van der Waals surface area contributed by atoms with Gasteiger partial charge in [0.15, 0.2) is 0 Å². The smallest absolute Gasteiger partial charge is 0.0932 e. The van der Waals surface area contributed by atoms with Crippen LogP contribution in [0.1, 0.15) is 10.9 Å². The van der Waals surface area contributed by atoms with Gasteiger partial charge in [0, 0.05) is 22.1 Å². The van der Waals surface area contributed by atoms with Gasteiger partial charge in [-0.3, -0.25) is 0 Å². The third-order valence-electron chi connectivity index (χ3n) is 2.34. The van der Waals surface area contributed by atoms with E-state index in [-0.39, 0.29) is 6.04 Å². The Kier molecular flexibility index (Phi) is 4.29. The van der Waals surface area contributed by atoms with E-state index in [9.17, 15) is 0 Å². The SMILES string of the molecule is NCC(Nc1cccc(Cl)c1)c1ccc(Cl)s1. The first-order valence-corrected chi connectivity index (χ1v) is 6.73. The lowest BCUT2D eigenvalue weighted by Crippen LogP contribution is -2.19. The predicted molar refractivity (Wildman–Crippen MR) is 76.2 cm³/mol. The van der Waals surface area contributed by atoms with Gasteiger partial charge in [0.25, 0.3) is 0 Å². The largest absolute Gasteiger partial charge is 0.376 e. The molecule has 0 radical (unpaired) electrons. The summed E-state index contributed by atoms with van der Waals surface area (Å²) in [5.74, 6) is 0. The molecule has 0 amide bonds. The third kappa shape index (κ3) is 3.36. The molecule has 1 aromatic carbocycles. The number of benzene rings is 1. The van der Waals surface area contributed by atoms with Gasteiger partial charge in [0.1, 0.15) is 0 Å². The average Bonchev–Trinajstić information content (AvgIpc) is 2.73. The fourth-order valence-corrected chi connectivity index (χ4v) is 2.86. The van der Waals surface area contributed by atoms with Crippen LogP contribution in [-0.2, 0) is 0 Å². The Morgan fingerprint density at radius 3 is 2.65 bits per heavy atom. The van der Waals surface area contributed by atoms with Crippen molar-refractivity contribution in [3.63, 3.8) is 0 Å². The highest BCUT2D eigenvalue weighted by atomic mass is 35.5. The van der Waals surface area contributed by atoms with Crippen molar-refractivity contribution in [3.8, 4) is 0 Å². The van der Waals surface area contributed by atoms with Crippen molar-refractivity contribution in [1.29, 1.82) is 0 Å². The second-order valence-corrected chi connectivity index (χ2v) is 5.77. The predicted octanol–water partition coefficient (Wildman–Crippen LogP) is 4.17. The van der Waals surface area contributed by atoms with Crippen LogP contribution in [0.25, 0.3) is 0 Å². The van der Waals surface area contributed by atoms with Crippen molar-refractivity contribution >= 4 is 40.2 Å². The summed E-state index contributed by atoms with van der Waals surface area (Å²) in [6.45, 7) is 0.503. The molecule has 0 saturated carbocycles. The highest BCUT2D eigenvalue weighted by Crippen LogP contribution is 2.29. The molecular weight excluding hydrogens is 275 g/mol. The maximum atomic E-state index is 5.93. The molecular formula is C12H12Cl2N2S. The van der Waals surface area contributed by atoms with Crippen molar-refractivity contribution in [3.05, 3.63) is 50.6 Å². The van der Waals surface area contributed by atoms with Crippen LogP contribution in [0.3, 0.4) is 0 Å². The van der Waals surface area contributed by atoms with E-state index in [1.807, 2.05) is 36.4 Å². The normalized spacial score (nSPS) is 12.4. The molecule has 0 spiro atoms. The topological polar surface area (TPSA) is 38.0 Å². The molecule has 0 saturated heterocycles. The van der Waals surface area contributed by atoms with Crippen LogP contribution in [-0.4, -0.2) is 6.54 Å². The van der Waals surface area contributed by atoms with Crippen LogP contribution in [0.5, 0.6) is 0 Å². The van der Waals surface area contributed by atoms with Gasteiger partial charge in [-0.25, -0.2) is 0 Å². The van der Waals surface area contributed by atoms with Crippen LogP contribution in [0.4, 0.5) is 5.69 Å². The molecule has 5 heteroatoms. The summed E-state index contributed by atoms with van der Waals surface area (Å²) >= 11 is 13.4. The molecule has 17 heavy (non-hydrogen) atoms. The summed E-state index contributed by atoms with van der Waals surface area (Å²) in [7, 11) is 0. The molecule has 0 fully saturated rings. The summed E-state index contributed by atoms with van der Waals surface area (Å²) in [5, 5.41) is 4.05. The molecule has 2 nitrogen and oxygen atoms in total. The number of nitrogens with two attached hydrogens (primary N) is 1. The van der Waals surface area contributed by atoms with E-state index >= 15 is 0 Å². The number of rotatable bonds is 4. The molecule has 1 atom stereocenters. The van der Waals surface area contributed by atoms with E-state index in [4.69, 9.17) is 28.9 Å². The van der Waals surface area contributed by atoms with Gasteiger partial charge in [0.2, 0.25) is 0 Å². The Balaban J connectivity index is 2.15. The van der Waals surface area contributed by atoms with Crippen molar-refractivity contribution in [2.24, 2.45) is 5.73 Å². The zero-order chi connectivity index (χ0) is 12.3. The Morgan fingerprint density at radius 2 is 2.06 bits per heavy atom. The highest BCUT2D eigenvalue weighted by molar-refractivity contribution is 7.16. The maximum Gasteiger partial charge on any atom is 0.0932 e. The van der Waals surface area contributed by atoms with E-state index in [2.05, 4.69) is 5.32 Å². The number of halogens is 2. The summed E-state index contributed by atoms with van der Waals surface area (Å²) in [6.07, 6.45) is 0. The van der Waals surface area contributed by atoms with Crippen molar-refractivity contribution in [2.75, 3.05) is 11.9 Å². The van der Waals surface area contributed by atoms with E-state index < -0.39 is 0 Å². The van der Waals surface area contributed by atoms with E-state index in [0.29, 0.717) is 11.6 Å². The van der Waals surface area contributed by atoms with Gasteiger partial charge in [-0.05, 0) is 30.3 Å². The molecule has 2 aromatic rings. The van der Waals surface area contributed by atoms with Crippen LogP contribution >= 0.6 is 34.5 Å². The summed E-state index contributed by atoms with van der Waals surface area (Å²) in [5.41, 5.74) is 6.72. The van der Waals surface area contributed by atoms with E-state index in [1.165, 1.54) is 11.3 Å². The zero-order valence-corrected chi connectivity index (χ0v) is 11.3. The number of hydrogen-bond acceptors (Lipinski definition) is 3. The van der Waals surface area contributed by atoms with Crippen molar-refractivity contribution < 1.29 is 0 Å². The Labute approximate surface area is 114 Å². The van der Waals surface area contributed by atoms with E-state index in [1.54, 1.807) is 0 Å². The lowest BCUT2D eigenvalue weighted by atomic mass is 10.2. The lowest BCUT2D eigenvalue weighted by Gasteiger charge is -2.16. The Hall–Kier alpha value is -0.740. The number of anilines is 1. The van der Waals surface area contributed by atoms with Crippen LogP contribution in [0.2, 0.25) is 9.36 Å². The number of nitrogens with one attached hydrogen (secondary N) is 1. The van der Waals surface area contributed by atoms with Gasteiger partial charge >= 0.3 is 0 Å². The van der Waals surface area contributed by atoms with Gasteiger partial charge < -0.3 is 11.1 Å².